The summed E-state index contributed by atoms with van der Waals surface area (Å²) in [6, 6.07) is 3.72. The molecule has 1 heterocycles. The summed E-state index contributed by atoms with van der Waals surface area (Å²) in [5.74, 6) is -1.68. The van der Waals surface area contributed by atoms with Crippen molar-refractivity contribution in [3.05, 3.63) is 33.8 Å². The highest BCUT2D eigenvalue weighted by Crippen LogP contribution is 2.25. The molecule has 7 heteroatoms. The molecular weight excluding hydrogens is 302 g/mol. The van der Waals surface area contributed by atoms with Gasteiger partial charge in [0, 0.05) is 4.47 Å². The van der Waals surface area contributed by atoms with E-state index in [0.29, 0.717) is 15.6 Å². The van der Waals surface area contributed by atoms with Gasteiger partial charge < -0.3 is 11.5 Å². The molecule has 1 atom stereocenters. The zero-order valence-electron chi connectivity index (χ0n) is 9.22. The molecule has 0 aliphatic carbocycles. The zero-order valence-corrected chi connectivity index (χ0v) is 10.8. The summed E-state index contributed by atoms with van der Waals surface area (Å²) in [7, 11) is 0. The van der Waals surface area contributed by atoms with Crippen LogP contribution in [0.15, 0.2) is 22.7 Å². The predicted molar refractivity (Wildman–Crippen MR) is 66.7 cm³/mol. The number of halogens is 1. The fourth-order valence-corrected chi connectivity index (χ4v) is 2.08. The Bertz CT molecular complexity index is 558. The first-order chi connectivity index (χ1) is 8.41. The lowest BCUT2D eigenvalue weighted by Crippen LogP contribution is -2.47. The summed E-state index contributed by atoms with van der Waals surface area (Å²) in [6.07, 6.45) is 0. The van der Waals surface area contributed by atoms with Gasteiger partial charge in [-0.15, -0.1) is 0 Å². The number of hydrogen-bond donors (Lipinski definition) is 2. The van der Waals surface area contributed by atoms with Crippen LogP contribution in [-0.4, -0.2) is 35.2 Å². The van der Waals surface area contributed by atoms with Gasteiger partial charge in [-0.2, -0.15) is 0 Å². The van der Waals surface area contributed by atoms with E-state index < -0.39 is 23.8 Å². The van der Waals surface area contributed by atoms with Crippen molar-refractivity contribution in [2.45, 2.75) is 6.04 Å². The van der Waals surface area contributed by atoms with Crippen molar-refractivity contribution in [2.24, 2.45) is 11.5 Å². The van der Waals surface area contributed by atoms with Crippen LogP contribution in [0.1, 0.15) is 20.7 Å². The highest BCUT2D eigenvalue weighted by Gasteiger charge is 2.36. The molecule has 3 amide bonds. The maximum atomic E-state index is 12.0. The summed E-state index contributed by atoms with van der Waals surface area (Å²) in [6.45, 7) is -0.209. The van der Waals surface area contributed by atoms with Gasteiger partial charge in [-0.25, -0.2) is 0 Å². The first kappa shape index (κ1) is 12.7. The molecule has 0 bridgehead atoms. The number of nitrogens with two attached hydrogens (primary N) is 2. The molecule has 1 aromatic rings. The zero-order chi connectivity index (χ0) is 13.4. The third-order valence-corrected chi connectivity index (χ3v) is 3.17. The summed E-state index contributed by atoms with van der Waals surface area (Å²) < 4.78 is 0.698. The highest BCUT2D eigenvalue weighted by molar-refractivity contribution is 9.10. The molecule has 18 heavy (non-hydrogen) atoms. The second-order valence-corrected chi connectivity index (χ2v) is 4.84. The number of imide groups is 1. The lowest BCUT2D eigenvalue weighted by Gasteiger charge is -2.16. The van der Waals surface area contributed by atoms with E-state index in [1.54, 1.807) is 18.2 Å². The van der Waals surface area contributed by atoms with Crippen LogP contribution >= 0.6 is 15.9 Å². The Morgan fingerprint density at radius 3 is 2.50 bits per heavy atom. The minimum Gasteiger partial charge on any atom is -0.368 e. The fourth-order valence-electron chi connectivity index (χ4n) is 1.72. The fraction of sp³-hybridized carbons (Fsp3) is 0.182. The maximum Gasteiger partial charge on any atom is 0.261 e. The third kappa shape index (κ3) is 2.02. The number of hydrogen-bond acceptors (Lipinski definition) is 4. The Morgan fingerprint density at radius 1 is 1.28 bits per heavy atom. The van der Waals surface area contributed by atoms with Gasteiger partial charge in [0.05, 0.1) is 17.7 Å². The van der Waals surface area contributed by atoms with Crippen LogP contribution in [0.3, 0.4) is 0 Å². The van der Waals surface area contributed by atoms with Crippen LogP contribution in [0.4, 0.5) is 0 Å². The van der Waals surface area contributed by atoms with Crippen LogP contribution in [0, 0.1) is 0 Å². The van der Waals surface area contributed by atoms with Gasteiger partial charge in [0.2, 0.25) is 5.91 Å². The smallest absolute Gasteiger partial charge is 0.261 e. The Balaban J connectivity index is 2.31. The Morgan fingerprint density at radius 2 is 1.89 bits per heavy atom. The van der Waals surface area contributed by atoms with Crippen molar-refractivity contribution in [2.75, 3.05) is 6.54 Å². The first-order valence-corrected chi connectivity index (χ1v) is 5.91. The second-order valence-electron chi connectivity index (χ2n) is 3.92. The van der Waals surface area contributed by atoms with Gasteiger partial charge in [0.25, 0.3) is 11.8 Å². The summed E-state index contributed by atoms with van der Waals surface area (Å²) in [5.41, 5.74) is 11.1. The molecule has 0 saturated carbocycles. The lowest BCUT2D eigenvalue weighted by molar-refractivity contribution is -0.119. The number of carbonyl (C=O) groups is 3. The van der Waals surface area contributed by atoms with Gasteiger partial charge in [0.15, 0.2) is 0 Å². The molecule has 94 valence electrons. The van der Waals surface area contributed by atoms with Crippen LogP contribution in [-0.2, 0) is 4.79 Å². The lowest BCUT2D eigenvalue weighted by atomic mass is 10.1. The molecule has 1 aliphatic rings. The van der Waals surface area contributed by atoms with Crippen molar-refractivity contribution >= 4 is 33.7 Å². The summed E-state index contributed by atoms with van der Waals surface area (Å²) in [5, 5.41) is 0. The van der Waals surface area contributed by atoms with E-state index in [1.165, 1.54) is 0 Å². The van der Waals surface area contributed by atoms with E-state index in [4.69, 9.17) is 11.5 Å². The van der Waals surface area contributed by atoms with Crippen LogP contribution in [0.2, 0.25) is 0 Å². The van der Waals surface area contributed by atoms with E-state index in [-0.39, 0.29) is 6.54 Å². The molecule has 0 fully saturated rings. The molecule has 4 N–H and O–H groups in total. The molecule has 1 aliphatic heterocycles. The second kappa shape index (κ2) is 4.51. The summed E-state index contributed by atoms with van der Waals surface area (Å²) in [4.78, 5) is 35.8. The quantitative estimate of drug-likeness (QED) is 0.757. The van der Waals surface area contributed by atoms with Crippen LogP contribution < -0.4 is 11.5 Å². The van der Waals surface area contributed by atoms with E-state index in [1.807, 2.05) is 0 Å². The van der Waals surface area contributed by atoms with Gasteiger partial charge in [0.1, 0.15) is 6.04 Å². The molecule has 0 radical (unpaired) electrons. The topological polar surface area (TPSA) is 106 Å². The van der Waals surface area contributed by atoms with E-state index in [0.717, 1.165) is 4.90 Å². The van der Waals surface area contributed by atoms with Crippen molar-refractivity contribution in [3.63, 3.8) is 0 Å². The molecular formula is C11H10BrN3O3. The average molecular weight is 312 g/mol. The van der Waals surface area contributed by atoms with Gasteiger partial charge in [-0.1, -0.05) is 15.9 Å². The Kier molecular flexibility index (Phi) is 3.18. The molecule has 1 aromatic carbocycles. The monoisotopic (exact) mass is 311 g/mol. The number of primary amides is 1. The molecule has 1 unspecified atom stereocenters. The average Bonchev–Trinajstić information content (AvgIpc) is 2.54. The van der Waals surface area contributed by atoms with E-state index >= 15 is 0 Å². The van der Waals surface area contributed by atoms with Gasteiger partial charge in [-0.05, 0) is 18.2 Å². The number of nitrogens with zero attached hydrogens (tertiary/aromatic N) is 1. The molecule has 0 aromatic heterocycles. The number of carbonyl (C=O) groups excluding carboxylic acids is 3. The van der Waals surface area contributed by atoms with Crippen molar-refractivity contribution in [1.29, 1.82) is 0 Å². The molecule has 0 saturated heterocycles. The third-order valence-electron chi connectivity index (χ3n) is 2.68. The number of fused-ring (bicyclic) bond motifs is 1. The minimum absolute atomic E-state index is 0.209. The Hall–Kier alpha value is -1.73. The first-order valence-electron chi connectivity index (χ1n) is 5.12. The number of rotatable bonds is 3. The molecule has 6 nitrogen and oxygen atoms in total. The van der Waals surface area contributed by atoms with Gasteiger partial charge >= 0.3 is 0 Å². The molecule has 2 rings (SSSR count). The van der Waals surface area contributed by atoms with Crippen molar-refractivity contribution in [1.82, 2.24) is 4.90 Å². The van der Waals surface area contributed by atoms with Crippen LogP contribution in [0.5, 0.6) is 0 Å². The molecule has 0 spiro atoms. The largest absolute Gasteiger partial charge is 0.368 e. The highest BCUT2D eigenvalue weighted by atomic mass is 79.9. The standard InChI is InChI=1S/C11H10BrN3O3/c12-5-1-2-6-7(3-5)11(18)15(10(6)17)4-8(13)9(14)16/h1-3,8H,4,13H2,(H2,14,16). The Labute approximate surface area is 111 Å². The van der Waals surface area contributed by atoms with E-state index in [9.17, 15) is 14.4 Å². The maximum absolute atomic E-state index is 12.0. The SMILES string of the molecule is NC(=O)C(N)CN1C(=O)c2ccc(Br)cc2C1=O. The van der Waals surface area contributed by atoms with E-state index in [2.05, 4.69) is 15.9 Å². The predicted octanol–water partition coefficient (Wildman–Crippen LogP) is -0.142. The van der Waals surface area contributed by atoms with Crippen LogP contribution in [0.25, 0.3) is 0 Å². The van der Waals surface area contributed by atoms with Crippen molar-refractivity contribution in [3.8, 4) is 0 Å². The minimum atomic E-state index is -1.06. The van der Waals surface area contributed by atoms with Crippen molar-refractivity contribution < 1.29 is 14.4 Å². The number of amides is 3. The van der Waals surface area contributed by atoms with Gasteiger partial charge in [-0.3, -0.25) is 19.3 Å². The number of benzene rings is 1. The summed E-state index contributed by atoms with van der Waals surface area (Å²) >= 11 is 3.23. The normalized spacial score (nSPS) is 15.8.